The Kier molecular flexibility index (Phi) is 6.59. The van der Waals surface area contributed by atoms with Crippen molar-refractivity contribution in [1.29, 1.82) is 0 Å². The Bertz CT molecular complexity index is 1210. The van der Waals surface area contributed by atoms with Gasteiger partial charge in [0.05, 0.1) is 25.5 Å². The van der Waals surface area contributed by atoms with Gasteiger partial charge in [0.2, 0.25) is 5.60 Å². The van der Waals surface area contributed by atoms with Gasteiger partial charge in [-0.15, -0.1) is 0 Å². The van der Waals surface area contributed by atoms with E-state index in [2.05, 4.69) is 0 Å². The van der Waals surface area contributed by atoms with Crippen LogP contribution in [0.4, 0.5) is 5.69 Å². The van der Waals surface area contributed by atoms with E-state index in [0.717, 1.165) is 23.2 Å². The van der Waals surface area contributed by atoms with E-state index in [9.17, 15) is 9.59 Å². The second kappa shape index (κ2) is 9.59. The van der Waals surface area contributed by atoms with Crippen LogP contribution >= 0.6 is 0 Å². The molecule has 3 aromatic carbocycles. The van der Waals surface area contributed by atoms with Crippen molar-refractivity contribution in [3.8, 4) is 11.5 Å². The molecule has 1 unspecified atom stereocenters. The molecule has 0 saturated heterocycles. The molecule has 1 atom stereocenters. The lowest BCUT2D eigenvalue weighted by Crippen LogP contribution is -2.45. The van der Waals surface area contributed by atoms with Gasteiger partial charge in [0.1, 0.15) is 0 Å². The number of anilines is 1. The maximum Gasteiger partial charge on any atom is 0.339 e. The smallest absolute Gasteiger partial charge is 0.339 e. The second-order valence-corrected chi connectivity index (χ2v) is 8.43. The number of hydrogen-bond donors (Lipinski definition) is 0. The van der Waals surface area contributed by atoms with E-state index in [0.29, 0.717) is 29.2 Å². The van der Waals surface area contributed by atoms with Crippen LogP contribution in [0.3, 0.4) is 0 Å². The van der Waals surface area contributed by atoms with Gasteiger partial charge in [-0.3, -0.25) is 4.79 Å². The van der Waals surface area contributed by atoms with E-state index in [-0.39, 0.29) is 12.3 Å². The van der Waals surface area contributed by atoms with Crippen LogP contribution in [0, 0.1) is 6.92 Å². The molecule has 0 saturated carbocycles. The molecule has 34 heavy (non-hydrogen) atoms. The molecule has 176 valence electrons. The third kappa shape index (κ3) is 4.12. The first-order valence-electron chi connectivity index (χ1n) is 11.4. The van der Waals surface area contributed by atoms with E-state index < -0.39 is 11.6 Å². The van der Waals surface area contributed by atoms with Gasteiger partial charge >= 0.3 is 5.97 Å². The minimum atomic E-state index is -1.50. The summed E-state index contributed by atoms with van der Waals surface area (Å²) in [4.78, 5) is 29.0. The van der Waals surface area contributed by atoms with Gasteiger partial charge in [-0.2, -0.15) is 0 Å². The summed E-state index contributed by atoms with van der Waals surface area (Å²) in [6, 6.07) is 20.1. The summed E-state index contributed by atoms with van der Waals surface area (Å²) in [5.74, 6) is 0.349. The summed E-state index contributed by atoms with van der Waals surface area (Å²) < 4.78 is 17.0. The highest BCUT2D eigenvalue weighted by Gasteiger charge is 2.54. The molecule has 4 rings (SSSR count). The average Bonchev–Trinajstić information content (AvgIpc) is 3.06. The van der Waals surface area contributed by atoms with Crippen LogP contribution in [0.25, 0.3) is 0 Å². The molecule has 0 radical (unpaired) electrons. The first-order chi connectivity index (χ1) is 16.4. The minimum absolute atomic E-state index is 0.168. The number of nitrogens with zero attached hydrogens (tertiary/aromatic N) is 1. The molecule has 1 heterocycles. The van der Waals surface area contributed by atoms with Crippen molar-refractivity contribution in [3.05, 3.63) is 89.0 Å². The average molecular weight is 460 g/mol. The standard InChI is InChI=1S/C28H29NO5/c1-5-15-29-23-13-11-19(2)16-22(23)28(27(29)31,34-26(30)21-9-7-6-8-10-21)18-20-12-14-24(32-3)25(17-20)33-4/h6-14,16-17H,5,15,18H2,1-4H3. The van der Waals surface area contributed by atoms with Crippen molar-refractivity contribution in [2.45, 2.75) is 32.3 Å². The zero-order chi connectivity index (χ0) is 24.3. The zero-order valence-corrected chi connectivity index (χ0v) is 20.0. The Morgan fingerprint density at radius 3 is 2.35 bits per heavy atom. The second-order valence-electron chi connectivity index (χ2n) is 8.43. The normalized spacial score (nSPS) is 16.8. The van der Waals surface area contributed by atoms with Gasteiger partial charge in [-0.25, -0.2) is 4.79 Å². The highest BCUT2D eigenvalue weighted by Crippen LogP contribution is 2.46. The van der Waals surface area contributed by atoms with Crippen LogP contribution in [0.2, 0.25) is 0 Å². The molecule has 0 spiro atoms. The quantitative estimate of drug-likeness (QED) is 0.441. The van der Waals surface area contributed by atoms with Crippen molar-refractivity contribution in [2.75, 3.05) is 25.7 Å². The maximum atomic E-state index is 14.0. The lowest BCUT2D eigenvalue weighted by molar-refractivity contribution is -0.137. The summed E-state index contributed by atoms with van der Waals surface area (Å²) in [6.07, 6.45) is 0.944. The summed E-state index contributed by atoms with van der Waals surface area (Å²) in [6.45, 7) is 4.52. The Hall–Kier alpha value is -3.80. The van der Waals surface area contributed by atoms with Gasteiger partial charge < -0.3 is 19.1 Å². The highest BCUT2D eigenvalue weighted by atomic mass is 16.6. The van der Waals surface area contributed by atoms with E-state index in [1.165, 1.54) is 0 Å². The summed E-state index contributed by atoms with van der Waals surface area (Å²) in [5, 5.41) is 0. The molecule has 1 aliphatic rings. The zero-order valence-electron chi connectivity index (χ0n) is 20.0. The molecule has 1 amide bonds. The number of amides is 1. The number of methoxy groups -OCH3 is 2. The summed E-state index contributed by atoms with van der Waals surface area (Å²) in [5.41, 5.74) is 2.15. The topological polar surface area (TPSA) is 65.1 Å². The molecule has 0 aromatic heterocycles. The number of carbonyl (C=O) groups is 2. The van der Waals surface area contributed by atoms with E-state index in [1.807, 2.05) is 50.2 Å². The number of ether oxygens (including phenoxy) is 3. The summed E-state index contributed by atoms with van der Waals surface area (Å²) in [7, 11) is 3.14. The van der Waals surface area contributed by atoms with Crippen molar-refractivity contribution in [2.24, 2.45) is 0 Å². The molecular weight excluding hydrogens is 430 g/mol. The van der Waals surface area contributed by atoms with Gasteiger partial charge in [0.25, 0.3) is 5.91 Å². The van der Waals surface area contributed by atoms with Gasteiger partial charge in [0.15, 0.2) is 11.5 Å². The Morgan fingerprint density at radius 2 is 1.68 bits per heavy atom. The van der Waals surface area contributed by atoms with E-state index in [4.69, 9.17) is 14.2 Å². The predicted molar refractivity (Wildman–Crippen MR) is 131 cm³/mol. The molecule has 0 fully saturated rings. The van der Waals surface area contributed by atoms with Crippen LogP contribution in [0.1, 0.15) is 40.4 Å². The van der Waals surface area contributed by atoms with Crippen LogP contribution in [-0.2, 0) is 21.6 Å². The third-order valence-electron chi connectivity index (χ3n) is 6.09. The number of esters is 1. The van der Waals surface area contributed by atoms with Crippen molar-refractivity contribution in [3.63, 3.8) is 0 Å². The Labute approximate surface area is 200 Å². The molecular formula is C28H29NO5. The fourth-order valence-corrected chi connectivity index (χ4v) is 4.47. The maximum absolute atomic E-state index is 14.0. The number of hydrogen-bond acceptors (Lipinski definition) is 5. The van der Waals surface area contributed by atoms with Crippen LogP contribution in [0.5, 0.6) is 11.5 Å². The molecule has 0 N–H and O–H groups in total. The molecule has 0 bridgehead atoms. The largest absolute Gasteiger partial charge is 0.493 e. The first-order valence-corrected chi connectivity index (χ1v) is 11.4. The number of aryl methyl sites for hydroxylation is 1. The molecule has 1 aliphatic heterocycles. The number of carbonyl (C=O) groups excluding carboxylic acids is 2. The minimum Gasteiger partial charge on any atom is -0.493 e. The van der Waals surface area contributed by atoms with Gasteiger partial charge in [-0.05, 0) is 55.3 Å². The van der Waals surface area contributed by atoms with Crippen LogP contribution in [0.15, 0.2) is 66.7 Å². The highest BCUT2D eigenvalue weighted by molar-refractivity contribution is 6.09. The van der Waals surface area contributed by atoms with E-state index >= 15 is 0 Å². The van der Waals surface area contributed by atoms with Gasteiger partial charge in [0, 0.05) is 18.5 Å². The number of benzene rings is 3. The Morgan fingerprint density at radius 1 is 0.941 bits per heavy atom. The molecule has 3 aromatic rings. The monoisotopic (exact) mass is 459 g/mol. The SMILES string of the molecule is CCCN1C(=O)C(Cc2ccc(OC)c(OC)c2)(OC(=O)c2ccccc2)c2cc(C)ccc21. The molecule has 0 aliphatic carbocycles. The number of fused-ring (bicyclic) bond motifs is 1. The predicted octanol–water partition coefficient (Wildman–Crippen LogP) is 5.06. The fraction of sp³-hybridized carbons (Fsp3) is 0.286. The molecule has 6 nitrogen and oxygen atoms in total. The lowest BCUT2D eigenvalue weighted by atomic mass is 9.87. The first kappa shape index (κ1) is 23.4. The lowest BCUT2D eigenvalue weighted by Gasteiger charge is -2.29. The van der Waals surface area contributed by atoms with Crippen molar-refractivity contribution in [1.82, 2.24) is 0 Å². The van der Waals surface area contributed by atoms with Gasteiger partial charge in [-0.1, -0.05) is 42.8 Å². The van der Waals surface area contributed by atoms with Crippen LogP contribution in [-0.4, -0.2) is 32.6 Å². The van der Waals surface area contributed by atoms with Crippen molar-refractivity contribution < 1.29 is 23.8 Å². The van der Waals surface area contributed by atoms with E-state index in [1.54, 1.807) is 49.5 Å². The third-order valence-corrected chi connectivity index (χ3v) is 6.09. The fourth-order valence-electron chi connectivity index (χ4n) is 4.47. The van der Waals surface area contributed by atoms with Crippen molar-refractivity contribution >= 4 is 17.6 Å². The number of rotatable bonds is 8. The summed E-state index contributed by atoms with van der Waals surface area (Å²) >= 11 is 0. The Balaban J connectivity index is 1.86. The van der Waals surface area contributed by atoms with Crippen LogP contribution < -0.4 is 14.4 Å². The molecule has 6 heteroatoms.